The Morgan fingerprint density at radius 2 is 1.38 bits per heavy atom. The molecule has 0 saturated carbocycles. The summed E-state index contributed by atoms with van der Waals surface area (Å²) in [6.45, 7) is -1.09. The lowest BCUT2D eigenvalue weighted by Gasteiger charge is -2.24. The highest BCUT2D eigenvalue weighted by molar-refractivity contribution is 7.47. The molecule has 0 aliphatic carbocycles. The number of aliphatic hydroxyl groups excluding tert-OH is 1. The van der Waals surface area contributed by atoms with Crippen LogP contribution in [0.1, 0.15) is 43.5 Å². The van der Waals surface area contributed by atoms with Crippen LogP contribution in [0.15, 0.2) is 45.5 Å². The van der Waals surface area contributed by atoms with Crippen molar-refractivity contribution in [2.45, 2.75) is 81.5 Å². The number of fused-ring (bicyclic) bond motifs is 1. The van der Waals surface area contributed by atoms with Gasteiger partial charge in [0.15, 0.2) is 11.5 Å². The van der Waals surface area contributed by atoms with Gasteiger partial charge in [0.1, 0.15) is 66.9 Å². The third-order valence-corrected chi connectivity index (χ3v) is 12.1. The number of nitrogen functional groups attached to an aromatic ring is 2. The van der Waals surface area contributed by atoms with Crippen molar-refractivity contribution in [3.63, 3.8) is 0 Å². The molecule has 3 saturated heterocycles. The summed E-state index contributed by atoms with van der Waals surface area (Å²) >= 11 is 0. The van der Waals surface area contributed by atoms with Crippen molar-refractivity contribution in [3.8, 4) is 0 Å². The maximum atomic E-state index is 13.4. The molecule has 11 atom stereocenters. The van der Waals surface area contributed by atoms with E-state index in [9.17, 15) is 52.8 Å². The number of aromatic amines is 1. The minimum atomic E-state index is -5.24. The number of aryl methyl sites for hydroxylation is 1. The molecule has 2 unspecified atom stereocenters. The molecule has 3 fully saturated rings. The summed E-state index contributed by atoms with van der Waals surface area (Å²) in [7, 11) is -15.4. The van der Waals surface area contributed by atoms with Crippen LogP contribution < -0.4 is 28.4 Å². The average Bonchev–Trinajstić information content (AvgIpc) is 3.96. The quantitative estimate of drug-likeness (QED) is 0.0589. The molecule has 29 nitrogen and oxygen atoms in total. The zero-order valence-corrected chi connectivity index (χ0v) is 34.1. The van der Waals surface area contributed by atoms with Crippen molar-refractivity contribution in [1.82, 2.24) is 38.6 Å². The molecule has 4 aromatic heterocycles. The summed E-state index contributed by atoms with van der Waals surface area (Å²) in [5.41, 5.74) is 9.63. The molecule has 0 radical (unpaired) electrons. The zero-order valence-electron chi connectivity index (χ0n) is 31.4. The minimum absolute atomic E-state index is 0.00159. The van der Waals surface area contributed by atoms with Crippen molar-refractivity contribution < 1.29 is 75.2 Å². The topological polar surface area (TPSA) is 412 Å². The van der Waals surface area contributed by atoms with E-state index < -0.39 is 122 Å². The second-order valence-electron chi connectivity index (χ2n) is 13.9. The van der Waals surface area contributed by atoms with E-state index in [1.54, 1.807) is 0 Å². The van der Waals surface area contributed by atoms with E-state index in [1.807, 2.05) is 0 Å². The molecule has 4 aromatic rings. The average molecular weight is 925 g/mol. The highest BCUT2D eigenvalue weighted by Crippen LogP contribution is 2.52. The molecule has 10 N–H and O–H groups in total. The van der Waals surface area contributed by atoms with Gasteiger partial charge in [0.2, 0.25) is 0 Å². The fourth-order valence-electron chi connectivity index (χ4n) is 6.73. The van der Waals surface area contributed by atoms with E-state index >= 15 is 0 Å². The molecule has 3 aliphatic rings. The number of nitrogens with zero attached hydrogens (tertiary/aromatic N) is 7. The van der Waals surface area contributed by atoms with Gasteiger partial charge < -0.3 is 50.4 Å². The smallest absolute Gasteiger partial charge is 0.390 e. The van der Waals surface area contributed by atoms with Crippen LogP contribution in [-0.2, 0) is 50.5 Å². The highest BCUT2D eigenvalue weighted by atomic mass is 31.2. The summed E-state index contributed by atoms with van der Waals surface area (Å²) in [6.07, 6.45) is -7.58. The van der Waals surface area contributed by atoms with Crippen LogP contribution in [0.25, 0.3) is 11.2 Å². The van der Waals surface area contributed by atoms with Crippen molar-refractivity contribution >= 4 is 46.3 Å². The van der Waals surface area contributed by atoms with Gasteiger partial charge >= 0.3 is 34.8 Å². The number of imidazole rings is 1. The number of H-pyrrole nitrogens is 1. The molecule has 61 heavy (non-hydrogen) atoms. The van der Waals surface area contributed by atoms with Gasteiger partial charge in [-0.25, -0.2) is 38.2 Å². The van der Waals surface area contributed by atoms with E-state index in [-0.39, 0.29) is 30.0 Å². The number of ether oxygens (including phenoxy) is 3. The van der Waals surface area contributed by atoms with Crippen LogP contribution >= 0.6 is 23.5 Å². The molecule has 0 spiro atoms. The molecule has 334 valence electrons. The number of anilines is 2. The number of hydrogen-bond acceptors (Lipinski definition) is 21. The SMILES string of the molecule is Cc1cn([C@H]2C[C@@H](OP(=O)(O)OC[C@H]3O[C@@H](n4ccc(N)nc4=O)C[C@H]3OP(=O)(O)OC[C@H]3O[C@@H](n4cnc5c(N)ncnc54)C[C@H]3O)[C@@H](COP(=O)(O)O)O2)c(=O)[nH]c1=O. The fraction of sp³-hybridized carbons (Fsp3) is 0.552. The molecule has 7 heterocycles. The Bertz CT molecular complexity index is 2580. The number of rotatable bonds is 16. The molecule has 3 aliphatic heterocycles. The number of nitrogens with one attached hydrogen (secondary N) is 1. The maximum absolute atomic E-state index is 13.4. The van der Waals surface area contributed by atoms with Gasteiger partial charge in [0.05, 0.1) is 32.3 Å². The molecule has 0 amide bonds. The summed E-state index contributed by atoms with van der Waals surface area (Å²) in [4.78, 5) is 95.1. The lowest BCUT2D eigenvalue weighted by atomic mass is 10.2. The zero-order chi connectivity index (χ0) is 44.0. The monoisotopic (exact) mass is 924 g/mol. The van der Waals surface area contributed by atoms with Gasteiger partial charge in [-0.15, -0.1) is 0 Å². The van der Waals surface area contributed by atoms with Crippen molar-refractivity contribution in [2.24, 2.45) is 0 Å². The third-order valence-electron chi connectivity index (χ3n) is 9.63. The van der Waals surface area contributed by atoms with Crippen LogP contribution in [0.4, 0.5) is 11.6 Å². The normalized spacial score (nSPS) is 28.9. The Balaban J connectivity index is 1.03. The van der Waals surface area contributed by atoms with Crippen LogP contribution in [0.3, 0.4) is 0 Å². The Kier molecular flexibility index (Phi) is 12.9. The van der Waals surface area contributed by atoms with Crippen LogP contribution in [0.2, 0.25) is 0 Å². The second kappa shape index (κ2) is 17.6. The third kappa shape index (κ3) is 10.6. The second-order valence-corrected chi connectivity index (χ2v) is 17.9. The van der Waals surface area contributed by atoms with Crippen LogP contribution in [0.5, 0.6) is 0 Å². The predicted molar refractivity (Wildman–Crippen MR) is 200 cm³/mol. The molecule has 7 rings (SSSR count). The number of hydrogen-bond donors (Lipinski definition) is 8. The van der Waals surface area contributed by atoms with Crippen molar-refractivity contribution in [3.05, 3.63) is 68.0 Å². The Hall–Kier alpha value is -4.12. The lowest BCUT2D eigenvalue weighted by Crippen LogP contribution is -2.33. The molecule has 32 heteroatoms. The molecule has 0 bridgehead atoms. The van der Waals surface area contributed by atoms with Crippen molar-refractivity contribution in [1.29, 1.82) is 0 Å². The first kappa shape index (κ1) is 44.9. The number of aromatic nitrogens is 8. The van der Waals surface area contributed by atoms with E-state index in [2.05, 4.69) is 29.4 Å². The van der Waals surface area contributed by atoms with Gasteiger partial charge in [0, 0.05) is 37.2 Å². The van der Waals surface area contributed by atoms with E-state index in [1.165, 1.54) is 36.4 Å². The van der Waals surface area contributed by atoms with Gasteiger partial charge in [-0.05, 0) is 13.0 Å². The first-order valence-corrected chi connectivity index (χ1v) is 22.4. The minimum Gasteiger partial charge on any atom is -0.390 e. The Morgan fingerprint density at radius 3 is 2.00 bits per heavy atom. The summed E-state index contributed by atoms with van der Waals surface area (Å²) in [6, 6.07) is 1.26. The number of phosphoric acid groups is 3. The van der Waals surface area contributed by atoms with Crippen molar-refractivity contribution in [2.75, 3.05) is 31.3 Å². The highest BCUT2D eigenvalue weighted by Gasteiger charge is 2.47. The number of aliphatic hydroxyl groups is 1. The fourth-order valence-corrected chi connectivity index (χ4v) is 9.00. The molecular weight excluding hydrogens is 885 g/mol. The maximum Gasteiger partial charge on any atom is 0.472 e. The van der Waals surface area contributed by atoms with Crippen LogP contribution in [-0.4, -0.2) is 120 Å². The van der Waals surface area contributed by atoms with Gasteiger partial charge in [-0.1, -0.05) is 0 Å². The number of phosphoric ester groups is 3. The Morgan fingerprint density at radius 1 is 0.803 bits per heavy atom. The summed E-state index contributed by atoms with van der Waals surface area (Å²) < 4.78 is 84.6. The standard InChI is InChI=1S/C29H39N10O19P3/c1-13-7-38(29(43)36-27(13)41)23-6-16(18(56-23)9-51-59(44,45)46)58-61(49,50)53-10-19-15(5-22(55-19)37-3-2-20(30)35-28(37)42)57-60(47,48)52-8-17-14(40)4-21(54-17)39-12-34-24-25(31)32-11-33-26(24)39/h2-3,7,11-12,14-19,21-23,40H,4-6,8-10H2,1H3,(H,47,48)(H,49,50)(H2,30,35,42)(H2,31,32,33)(H,36,41,43)(H2,44,45,46)/t14-,15-,16-,17-,18-,19-,21-,22-,23-/m1/s1. The summed E-state index contributed by atoms with van der Waals surface area (Å²) in [5, 5.41) is 10.7. The predicted octanol–water partition coefficient (Wildman–Crippen LogP) is -1.56. The van der Waals surface area contributed by atoms with E-state index in [0.29, 0.717) is 11.2 Å². The lowest BCUT2D eigenvalue weighted by molar-refractivity contribution is -0.0611. The van der Waals surface area contributed by atoms with Gasteiger partial charge in [0.25, 0.3) is 5.56 Å². The van der Waals surface area contributed by atoms with Gasteiger partial charge in [-0.3, -0.25) is 46.1 Å². The first-order chi connectivity index (χ1) is 28.6. The Labute approximate surface area is 340 Å². The van der Waals surface area contributed by atoms with E-state index in [4.69, 9.17) is 43.8 Å². The largest absolute Gasteiger partial charge is 0.472 e. The van der Waals surface area contributed by atoms with Crippen LogP contribution in [0, 0.1) is 6.92 Å². The first-order valence-electron chi connectivity index (χ1n) is 17.9. The molecular formula is C29H39N10O19P3. The van der Waals surface area contributed by atoms with E-state index in [0.717, 1.165) is 15.3 Å². The van der Waals surface area contributed by atoms with Gasteiger partial charge in [-0.2, -0.15) is 4.98 Å². The molecule has 0 aromatic carbocycles. The summed E-state index contributed by atoms with van der Waals surface area (Å²) in [5.74, 6) is -0.0112. The number of nitrogens with two attached hydrogens (primary N) is 2.